The zero-order valence-corrected chi connectivity index (χ0v) is 15.7. The first-order chi connectivity index (χ1) is 13.2. The fraction of sp³-hybridized carbons (Fsp3) is 0.217. The summed E-state index contributed by atoms with van der Waals surface area (Å²) in [6.07, 6.45) is 6.67. The third kappa shape index (κ3) is 2.73. The molecule has 4 heteroatoms. The van der Waals surface area contributed by atoms with Crippen molar-refractivity contribution in [3.8, 4) is 16.9 Å². The molecule has 0 spiro atoms. The lowest BCUT2D eigenvalue weighted by atomic mass is 10.0. The second kappa shape index (κ2) is 6.32. The Bertz CT molecular complexity index is 1110. The maximum absolute atomic E-state index is 4.82. The summed E-state index contributed by atoms with van der Waals surface area (Å²) in [6, 6.07) is 15.0. The van der Waals surface area contributed by atoms with Crippen LogP contribution in [0, 0.1) is 6.92 Å². The van der Waals surface area contributed by atoms with Crippen LogP contribution in [0.4, 0.5) is 0 Å². The summed E-state index contributed by atoms with van der Waals surface area (Å²) in [4.78, 5) is 11.4. The predicted octanol–water partition coefficient (Wildman–Crippen LogP) is 4.38. The minimum atomic E-state index is 0.988. The Morgan fingerprint density at radius 2 is 1.89 bits per heavy atom. The van der Waals surface area contributed by atoms with E-state index in [1.165, 1.54) is 27.7 Å². The Hall–Kier alpha value is -2.98. The summed E-state index contributed by atoms with van der Waals surface area (Å²) >= 11 is 0. The van der Waals surface area contributed by atoms with Crippen LogP contribution in [0.2, 0.25) is 0 Å². The molecule has 0 N–H and O–H groups in total. The normalized spacial score (nSPS) is 14.4. The molecule has 4 nitrogen and oxygen atoms in total. The summed E-state index contributed by atoms with van der Waals surface area (Å²) in [5.74, 6) is 0.988. The fourth-order valence-corrected chi connectivity index (χ4v) is 4.09. The average molecular weight is 354 g/mol. The van der Waals surface area contributed by atoms with Gasteiger partial charge in [0.05, 0.1) is 5.52 Å². The highest BCUT2D eigenvalue weighted by Gasteiger charge is 2.23. The van der Waals surface area contributed by atoms with E-state index in [1.807, 2.05) is 18.5 Å². The topological polar surface area (TPSA) is 34.0 Å². The van der Waals surface area contributed by atoms with Crippen LogP contribution in [0.15, 0.2) is 61.1 Å². The second-order valence-electron chi connectivity index (χ2n) is 7.42. The Labute approximate surface area is 159 Å². The van der Waals surface area contributed by atoms with Gasteiger partial charge in [0, 0.05) is 60.3 Å². The number of rotatable bonds is 2. The van der Waals surface area contributed by atoms with Gasteiger partial charge in [-0.15, -0.1) is 0 Å². The Balaban J connectivity index is 1.67. The maximum atomic E-state index is 4.82. The predicted molar refractivity (Wildman–Crippen MR) is 109 cm³/mol. The van der Waals surface area contributed by atoms with Crippen molar-refractivity contribution in [2.75, 3.05) is 13.6 Å². The number of hydrogen-bond acceptors (Lipinski definition) is 3. The van der Waals surface area contributed by atoms with E-state index in [0.29, 0.717) is 0 Å². The lowest BCUT2D eigenvalue weighted by Crippen LogP contribution is -2.27. The molecule has 4 aromatic rings. The van der Waals surface area contributed by atoms with E-state index in [1.54, 1.807) is 6.20 Å². The van der Waals surface area contributed by atoms with Crippen molar-refractivity contribution < 1.29 is 0 Å². The molecule has 0 saturated heterocycles. The molecule has 0 aliphatic carbocycles. The highest BCUT2D eigenvalue weighted by molar-refractivity contribution is 5.88. The lowest BCUT2D eigenvalue weighted by Gasteiger charge is -2.24. The van der Waals surface area contributed by atoms with Gasteiger partial charge in [0.25, 0.3) is 0 Å². The number of aryl methyl sites for hydroxylation is 1. The van der Waals surface area contributed by atoms with Crippen LogP contribution in [0.3, 0.4) is 0 Å². The van der Waals surface area contributed by atoms with Crippen LogP contribution >= 0.6 is 0 Å². The van der Waals surface area contributed by atoms with Gasteiger partial charge in [-0.2, -0.15) is 0 Å². The number of benzene rings is 1. The molecule has 4 heterocycles. The van der Waals surface area contributed by atoms with E-state index < -0.39 is 0 Å². The third-order valence-electron chi connectivity index (χ3n) is 5.47. The van der Waals surface area contributed by atoms with Gasteiger partial charge in [0.2, 0.25) is 0 Å². The molecule has 1 aliphatic rings. The number of hydrogen-bond donors (Lipinski definition) is 0. The van der Waals surface area contributed by atoms with Crippen LogP contribution in [0.1, 0.15) is 16.8 Å². The maximum Gasteiger partial charge on any atom is 0.137 e. The molecule has 27 heavy (non-hydrogen) atoms. The van der Waals surface area contributed by atoms with Crippen molar-refractivity contribution in [2.45, 2.75) is 19.9 Å². The molecule has 1 aromatic carbocycles. The summed E-state index contributed by atoms with van der Waals surface area (Å²) in [5, 5.41) is 1.36. The van der Waals surface area contributed by atoms with Crippen LogP contribution in [-0.4, -0.2) is 33.0 Å². The molecule has 1 aliphatic heterocycles. The quantitative estimate of drug-likeness (QED) is 0.536. The Morgan fingerprint density at radius 3 is 2.67 bits per heavy atom. The number of fused-ring (bicyclic) bond motifs is 3. The molecule has 0 atom stereocenters. The van der Waals surface area contributed by atoms with Crippen LogP contribution in [0.25, 0.3) is 27.8 Å². The summed E-state index contributed by atoms with van der Waals surface area (Å²) in [6.45, 7) is 4.24. The number of aromatic nitrogens is 3. The third-order valence-corrected chi connectivity index (χ3v) is 5.47. The first-order valence-electron chi connectivity index (χ1n) is 9.39. The molecular formula is C23H22N4. The van der Waals surface area contributed by atoms with Gasteiger partial charge in [-0.05, 0) is 49.9 Å². The molecule has 0 unspecified atom stereocenters. The molecule has 0 saturated carbocycles. The highest BCUT2D eigenvalue weighted by atomic mass is 15.1. The zero-order valence-electron chi connectivity index (χ0n) is 15.7. The van der Waals surface area contributed by atoms with E-state index in [4.69, 9.17) is 4.98 Å². The standard InChI is InChI=1S/C23H22N4/c1-16-5-7-21-19(12-16)20-15-26(2)11-9-22(20)27(21)23-8-6-18(14-25-23)17-4-3-10-24-13-17/h3-8,10,12-14H,9,11,15H2,1-2H3. The Kier molecular flexibility index (Phi) is 3.80. The van der Waals surface area contributed by atoms with Gasteiger partial charge >= 0.3 is 0 Å². The molecule has 5 rings (SSSR count). The summed E-state index contributed by atoms with van der Waals surface area (Å²) < 4.78 is 2.35. The lowest BCUT2D eigenvalue weighted by molar-refractivity contribution is 0.311. The second-order valence-corrected chi connectivity index (χ2v) is 7.42. The molecular weight excluding hydrogens is 332 g/mol. The molecule has 3 aromatic heterocycles. The van der Waals surface area contributed by atoms with E-state index in [0.717, 1.165) is 36.5 Å². The molecule has 0 bridgehead atoms. The zero-order chi connectivity index (χ0) is 18.4. The first kappa shape index (κ1) is 16.2. The van der Waals surface area contributed by atoms with Crippen LogP contribution < -0.4 is 0 Å². The van der Waals surface area contributed by atoms with Crippen molar-refractivity contribution in [1.29, 1.82) is 0 Å². The van der Waals surface area contributed by atoms with E-state index in [9.17, 15) is 0 Å². The summed E-state index contributed by atoms with van der Waals surface area (Å²) in [5.41, 5.74) is 7.58. The minimum Gasteiger partial charge on any atom is -0.302 e. The SMILES string of the molecule is Cc1ccc2c(c1)c1c(n2-c2ccc(-c3cccnc3)cn2)CCN(C)C1. The average Bonchev–Trinajstić information content (AvgIpc) is 3.02. The highest BCUT2D eigenvalue weighted by Crippen LogP contribution is 2.33. The van der Waals surface area contributed by atoms with E-state index in [-0.39, 0.29) is 0 Å². The van der Waals surface area contributed by atoms with Gasteiger partial charge in [-0.3, -0.25) is 9.55 Å². The van der Waals surface area contributed by atoms with Crippen molar-refractivity contribution in [2.24, 2.45) is 0 Å². The van der Waals surface area contributed by atoms with Crippen molar-refractivity contribution in [3.63, 3.8) is 0 Å². The number of likely N-dealkylation sites (N-methyl/N-ethyl adjacent to an activating group) is 1. The van der Waals surface area contributed by atoms with Crippen molar-refractivity contribution >= 4 is 10.9 Å². The Morgan fingerprint density at radius 1 is 1.00 bits per heavy atom. The van der Waals surface area contributed by atoms with Crippen molar-refractivity contribution in [1.82, 2.24) is 19.4 Å². The number of nitrogens with zero attached hydrogens (tertiary/aromatic N) is 4. The smallest absolute Gasteiger partial charge is 0.137 e. The molecule has 0 amide bonds. The van der Waals surface area contributed by atoms with Gasteiger partial charge in [-0.25, -0.2) is 4.98 Å². The monoisotopic (exact) mass is 354 g/mol. The minimum absolute atomic E-state index is 0.988. The van der Waals surface area contributed by atoms with Gasteiger partial charge in [0.1, 0.15) is 5.82 Å². The van der Waals surface area contributed by atoms with Gasteiger partial charge in [-0.1, -0.05) is 17.7 Å². The molecule has 0 fully saturated rings. The van der Waals surface area contributed by atoms with Crippen molar-refractivity contribution in [3.05, 3.63) is 77.9 Å². The van der Waals surface area contributed by atoms with Crippen LogP contribution in [0.5, 0.6) is 0 Å². The van der Waals surface area contributed by atoms with Crippen LogP contribution in [-0.2, 0) is 13.0 Å². The molecule has 134 valence electrons. The number of pyridine rings is 2. The largest absolute Gasteiger partial charge is 0.302 e. The summed E-state index contributed by atoms with van der Waals surface area (Å²) in [7, 11) is 2.20. The van der Waals surface area contributed by atoms with Gasteiger partial charge < -0.3 is 4.90 Å². The molecule has 0 radical (unpaired) electrons. The fourth-order valence-electron chi connectivity index (χ4n) is 4.09. The van der Waals surface area contributed by atoms with Gasteiger partial charge in [0.15, 0.2) is 0 Å². The van der Waals surface area contributed by atoms with E-state index in [2.05, 4.69) is 64.8 Å². The first-order valence-corrected chi connectivity index (χ1v) is 9.39. The van der Waals surface area contributed by atoms with E-state index >= 15 is 0 Å².